The van der Waals surface area contributed by atoms with Gasteiger partial charge in [-0.1, -0.05) is 25.5 Å². The third-order valence-electron chi connectivity index (χ3n) is 9.24. The number of carbonyl (C=O) groups is 2. The van der Waals surface area contributed by atoms with Gasteiger partial charge in [-0.3, -0.25) is 4.79 Å². The molecule has 4 rings (SSSR count). The number of hydrazone groups is 1. The molecular formula is C24H37N3O3. The average Bonchev–Trinajstić information content (AvgIpc) is 3.03. The normalized spacial score (nSPS) is 43.0. The Balaban J connectivity index is 1.54. The maximum atomic E-state index is 11.4. The summed E-state index contributed by atoms with van der Waals surface area (Å²) in [5.74, 6) is 2.37. The standard InChI is InChI=1S/C24H37N3O3/c1-14(26-27-22(25)29)19-7-8-20-18-6-5-16-13-17(30-15(2)28)9-11-23(16,3)21(18)10-12-24(19,20)4/h5,17-21H,6-13H2,1-4H3,(H3,25,27,29)/t17?,18-,19+,20-,21-,23-,24+/m0/s1. The quantitative estimate of drug-likeness (QED) is 0.307. The topological polar surface area (TPSA) is 93.8 Å². The number of amides is 2. The van der Waals surface area contributed by atoms with Gasteiger partial charge in [0.1, 0.15) is 6.10 Å². The van der Waals surface area contributed by atoms with Crippen molar-refractivity contribution in [3.8, 4) is 0 Å². The number of esters is 1. The van der Waals surface area contributed by atoms with Gasteiger partial charge in [-0.05, 0) is 80.5 Å². The van der Waals surface area contributed by atoms with Gasteiger partial charge >= 0.3 is 12.0 Å². The fraction of sp³-hybridized carbons (Fsp3) is 0.792. The molecule has 0 radical (unpaired) electrons. The highest BCUT2D eigenvalue weighted by atomic mass is 16.5. The number of nitrogens with two attached hydrogens (primary N) is 1. The first-order chi connectivity index (χ1) is 14.1. The fourth-order valence-corrected chi connectivity index (χ4v) is 7.87. The number of primary amides is 1. The average molecular weight is 416 g/mol. The van der Waals surface area contributed by atoms with Gasteiger partial charge in [0.15, 0.2) is 0 Å². The monoisotopic (exact) mass is 415 g/mol. The molecule has 0 saturated heterocycles. The van der Waals surface area contributed by atoms with Gasteiger partial charge in [-0.25, -0.2) is 10.2 Å². The van der Waals surface area contributed by atoms with Crippen LogP contribution in [0.4, 0.5) is 4.79 Å². The summed E-state index contributed by atoms with van der Waals surface area (Å²) < 4.78 is 5.56. The summed E-state index contributed by atoms with van der Waals surface area (Å²) in [6.07, 6.45) is 11.5. The van der Waals surface area contributed by atoms with Gasteiger partial charge in [0.05, 0.1) is 0 Å². The second kappa shape index (κ2) is 7.69. The number of allylic oxidation sites excluding steroid dienone is 1. The molecule has 6 heteroatoms. The number of hydrogen-bond acceptors (Lipinski definition) is 4. The molecule has 6 nitrogen and oxygen atoms in total. The molecule has 3 N–H and O–H groups in total. The highest BCUT2D eigenvalue weighted by Crippen LogP contribution is 2.66. The van der Waals surface area contributed by atoms with Crippen LogP contribution in [0.15, 0.2) is 16.8 Å². The summed E-state index contributed by atoms with van der Waals surface area (Å²) in [5, 5.41) is 4.30. The van der Waals surface area contributed by atoms with Crippen LogP contribution in [0.2, 0.25) is 0 Å². The van der Waals surface area contributed by atoms with Gasteiger partial charge in [-0.2, -0.15) is 5.10 Å². The lowest BCUT2D eigenvalue weighted by Crippen LogP contribution is -2.51. The molecule has 4 aliphatic carbocycles. The van der Waals surface area contributed by atoms with Crippen molar-refractivity contribution >= 4 is 17.7 Å². The molecule has 3 saturated carbocycles. The Bertz CT molecular complexity index is 791. The van der Waals surface area contributed by atoms with Crippen molar-refractivity contribution < 1.29 is 14.3 Å². The van der Waals surface area contributed by atoms with E-state index in [1.54, 1.807) is 0 Å². The zero-order valence-electron chi connectivity index (χ0n) is 18.9. The van der Waals surface area contributed by atoms with Crippen molar-refractivity contribution in [1.29, 1.82) is 0 Å². The van der Waals surface area contributed by atoms with E-state index < -0.39 is 6.03 Å². The molecule has 7 atom stereocenters. The Hall–Kier alpha value is -1.85. The molecule has 0 spiro atoms. The predicted octanol–water partition coefficient (Wildman–Crippen LogP) is 4.54. The molecule has 0 aromatic carbocycles. The molecule has 30 heavy (non-hydrogen) atoms. The fourth-order valence-electron chi connectivity index (χ4n) is 7.87. The van der Waals surface area contributed by atoms with E-state index in [0.29, 0.717) is 23.7 Å². The summed E-state index contributed by atoms with van der Waals surface area (Å²) in [7, 11) is 0. The van der Waals surface area contributed by atoms with Crippen molar-refractivity contribution in [3.05, 3.63) is 11.6 Å². The predicted molar refractivity (Wildman–Crippen MR) is 117 cm³/mol. The van der Waals surface area contributed by atoms with Gasteiger partial charge in [-0.15, -0.1) is 0 Å². The Morgan fingerprint density at radius 1 is 1.13 bits per heavy atom. The Labute approximate surface area is 180 Å². The SMILES string of the molecule is CC(=O)OC1CC[C@@]2(C)C(=CC[C@H]3[C@@H]4CC[C@H](C(C)=NNC(N)=O)[C@@]4(C)CC[C@@H]32)C1. The lowest BCUT2D eigenvalue weighted by molar-refractivity contribution is -0.148. The molecule has 4 aliphatic rings. The van der Waals surface area contributed by atoms with E-state index in [1.165, 1.54) is 31.8 Å². The van der Waals surface area contributed by atoms with Crippen LogP contribution in [0.5, 0.6) is 0 Å². The molecule has 1 unspecified atom stereocenters. The van der Waals surface area contributed by atoms with Gasteiger partial charge in [0.2, 0.25) is 0 Å². The van der Waals surface area contributed by atoms with Crippen molar-refractivity contribution in [1.82, 2.24) is 5.43 Å². The van der Waals surface area contributed by atoms with Crippen molar-refractivity contribution in [3.63, 3.8) is 0 Å². The zero-order chi connectivity index (χ0) is 21.7. The molecular weight excluding hydrogens is 378 g/mol. The summed E-state index contributed by atoms with van der Waals surface area (Å²) >= 11 is 0. The Morgan fingerprint density at radius 3 is 2.60 bits per heavy atom. The lowest BCUT2D eigenvalue weighted by Gasteiger charge is -2.58. The molecule has 2 amide bonds. The minimum atomic E-state index is -0.597. The lowest BCUT2D eigenvalue weighted by atomic mass is 9.47. The van der Waals surface area contributed by atoms with E-state index in [-0.39, 0.29) is 22.9 Å². The summed E-state index contributed by atoms with van der Waals surface area (Å²) in [5.41, 5.74) is 10.7. The van der Waals surface area contributed by atoms with E-state index >= 15 is 0 Å². The van der Waals surface area contributed by atoms with Crippen LogP contribution < -0.4 is 11.2 Å². The van der Waals surface area contributed by atoms with Crippen LogP contribution in [0.3, 0.4) is 0 Å². The number of ether oxygens (including phenoxy) is 1. The number of urea groups is 1. The first-order valence-electron chi connectivity index (χ1n) is 11.6. The first kappa shape index (κ1) is 21.4. The van der Waals surface area contributed by atoms with Crippen LogP contribution in [0.25, 0.3) is 0 Å². The van der Waals surface area contributed by atoms with Crippen LogP contribution in [0.1, 0.15) is 79.1 Å². The maximum absolute atomic E-state index is 11.4. The molecule has 0 aromatic rings. The number of nitrogens with one attached hydrogen (secondary N) is 1. The minimum absolute atomic E-state index is 0.0553. The number of rotatable bonds is 3. The molecule has 0 aliphatic heterocycles. The van der Waals surface area contributed by atoms with Crippen LogP contribution in [-0.4, -0.2) is 23.8 Å². The number of fused-ring (bicyclic) bond motifs is 5. The van der Waals surface area contributed by atoms with Crippen molar-refractivity contribution in [2.75, 3.05) is 0 Å². The maximum Gasteiger partial charge on any atom is 0.332 e. The van der Waals surface area contributed by atoms with Crippen molar-refractivity contribution in [2.45, 2.75) is 85.2 Å². The number of hydrogen-bond donors (Lipinski definition) is 2. The van der Waals surface area contributed by atoms with Crippen LogP contribution >= 0.6 is 0 Å². The number of carbonyl (C=O) groups excluding carboxylic acids is 2. The molecule has 0 heterocycles. The summed E-state index contributed by atoms with van der Waals surface area (Å²) in [4.78, 5) is 22.5. The van der Waals surface area contributed by atoms with Gasteiger partial charge < -0.3 is 10.5 Å². The summed E-state index contributed by atoms with van der Waals surface area (Å²) in [6.45, 7) is 8.48. The highest BCUT2D eigenvalue weighted by molar-refractivity contribution is 5.86. The molecule has 3 fully saturated rings. The zero-order valence-corrected chi connectivity index (χ0v) is 18.9. The minimum Gasteiger partial charge on any atom is -0.462 e. The van der Waals surface area contributed by atoms with E-state index in [9.17, 15) is 9.59 Å². The van der Waals surface area contributed by atoms with Crippen LogP contribution in [0, 0.1) is 34.5 Å². The summed E-state index contributed by atoms with van der Waals surface area (Å²) in [6, 6.07) is -0.597. The Morgan fingerprint density at radius 2 is 1.90 bits per heavy atom. The van der Waals surface area contributed by atoms with E-state index in [1.807, 2.05) is 6.92 Å². The molecule has 0 bridgehead atoms. The third-order valence-corrected chi connectivity index (χ3v) is 9.24. The smallest absolute Gasteiger partial charge is 0.332 e. The second-order valence-electron chi connectivity index (χ2n) is 10.6. The van der Waals surface area contributed by atoms with E-state index in [2.05, 4.69) is 30.5 Å². The Kier molecular flexibility index (Phi) is 5.48. The number of nitrogens with zero attached hydrogens (tertiary/aromatic N) is 1. The van der Waals surface area contributed by atoms with E-state index in [0.717, 1.165) is 37.8 Å². The van der Waals surface area contributed by atoms with Gasteiger partial charge in [0, 0.05) is 25.0 Å². The molecule has 0 aromatic heterocycles. The first-order valence-corrected chi connectivity index (χ1v) is 11.6. The largest absolute Gasteiger partial charge is 0.462 e. The van der Waals surface area contributed by atoms with Crippen LogP contribution in [-0.2, 0) is 9.53 Å². The van der Waals surface area contributed by atoms with Crippen molar-refractivity contribution in [2.24, 2.45) is 45.3 Å². The highest BCUT2D eigenvalue weighted by Gasteiger charge is 2.59. The third kappa shape index (κ3) is 3.46. The van der Waals surface area contributed by atoms with E-state index in [4.69, 9.17) is 10.5 Å². The molecule has 166 valence electrons. The van der Waals surface area contributed by atoms with Gasteiger partial charge in [0.25, 0.3) is 0 Å². The second-order valence-corrected chi connectivity index (χ2v) is 10.6.